The van der Waals surface area contributed by atoms with Crippen LogP contribution >= 0.6 is 15.9 Å². The Hall–Kier alpha value is -0.870. The smallest absolute Gasteiger partial charge is 0.225 e. The summed E-state index contributed by atoms with van der Waals surface area (Å²) in [5, 5.41) is 2.91. The molecule has 0 radical (unpaired) electrons. The summed E-state index contributed by atoms with van der Waals surface area (Å²) in [5.74, 6) is -0.0352. The Balaban J connectivity index is 2.78. The zero-order valence-corrected chi connectivity index (χ0v) is 12.1. The number of rotatable bonds is 4. The molecule has 0 aliphatic heterocycles. The van der Waals surface area contributed by atoms with Crippen LogP contribution in [-0.4, -0.2) is 11.9 Å². The maximum atomic E-state index is 11.8. The number of halogens is 1. The first kappa shape index (κ1) is 14.2. The van der Waals surface area contributed by atoms with Gasteiger partial charge in [0.1, 0.15) is 0 Å². The molecule has 1 aromatic rings. The van der Waals surface area contributed by atoms with Crippen LogP contribution in [0.15, 0.2) is 16.6 Å². The van der Waals surface area contributed by atoms with Crippen molar-refractivity contribution in [2.45, 2.75) is 39.7 Å². The normalized spacial score (nSPS) is 12.3. The lowest BCUT2D eigenvalue weighted by molar-refractivity contribution is -0.116. The molecule has 0 aliphatic rings. The highest BCUT2D eigenvalue weighted by molar-refractivity contribution is 9.10. The third-order valence-electron chi connectivity index (χ3n) is 2.67. The summed E-state index contributed by atoms with van der Waals surface area (Å²) in [6, 6.07) is 3.96. The summed E-state index contributed by atoms with van der Waals surface area (Å²) in [4.78, 5) is 11.8. The van der Waals surface area contributed by atoms with E-state index >= 15 is 0 Å². The molecule has 3 nitrogen and oxygen atoms in total. The van der Waals surface area contributed by atoms with Gasteiger partial charge in [0.25, 0.3) is 0 Å². The third kappa shape index (κ3) is 4.13. The average molecular weight is 299 g/mol. The summed E-state index contributed by atoms with van der Waals surface area (Å²) in [5.41, 5.74) is 8.81. The van der Waals surface area contributed by atoms with Gasteiger partial charge in [-0.3, -0.25) is 4.79 Å². The Morgan fingerprint density at radius 1 is 1.47 bits per heavy atom. The molecule has 1 rings (SSSR count). The van der Waals surface area contributed by atoms with Crippen molar-refractivity contribution >= 4 is 27.5 Å². The molecule has 0 heterocycles. The Kier molecular flexibility index (Phi) is 5.15. The van der Waals surface area contributed by atoms with Gasteiger partial charge in [0.15, 0.2) is 0 Å². The molecule has 1 aromatic carbocycles. The molecule has 1 amide bonds. The van der Waals surface area contributed by atoms with Crippen LogP contribution < -0.4 is 11.1 Å². The standard InChI is InChI=1S/C13H19BrN2O/c1-4-10(15)7-12(17)16-13-9(3)5-8(2)6-11(13)14/h5-6,10H,4,7,15H2,1-3H3,(H,16,17). The molecule has 0 aromatic heterocycles. The SMILES string of the molecule is CCC(N)CC(=O)Nc1c(C)cc(C)cc1Br. The number of carbonyl (C=O) groups is 1. The number of carbonyl (C=O) groups excluding carboxylic acids is 1. The zero-order valence-electron chi connectivity index (χ0n) is 10.5. The van der Waals surface area contributed by atoms with E-state index in [1.807, 2.05) is 32.9 Å². The monoisotopic (exact) mass is 298 g/mol. The van der Waals surface area contributed by atoms with E-state index in [4.69, 9.17) is 5.73 Å². The van der Waals surface area contributed by atoms with Crippen LogP contribution in [0.1, 0.15) is 30.9 Å². The van der Waals surface area contributed by atoms with Gasteiger partial charge in [-0.1, -0.05) is 13.0 Å². The summed E-state index contributed by atoms with van der Waals surface area (Å²) in [6.45, 7) is 5.98. The zero-order chi connectivity index (χ0) is 13.0. The molecule has 1 atom stereocenters. The lowest BCUT2D eigenvalue weighted by Crippen LogP contribution is -2.26. The van der Waals surface area contributed by atoms with Crippen molar-refractivity contribution in [1.82, 2.24) is 0 Å². The molecule has 3 N–H and O–H groups in total. The van der Waals surface area contributed by atoms with Crippen LogP contribution in [0.25, 0.3) is 0 Å². The van der Waals surface area contributed by atoms with Gasteiger partial charge in [0.2, 0.25) is 5.91 Å². The molecule has 94 valence electrons. The number of hydrogen-bond donors (Lipinski definition) is 2. The van der Waals surface area contributed by atoms with E-state index in [2.05, 4.69) is 21.2 Å². The molecule has 1 unspecified atom stereocenters. The predicted octanol–water partition coefficient (Wildman–Crippen LogP) is 3.13. The van der Waals surface area contributed by atoms with E-state index in [1.54, 1.807) is 0 Å². The number of hydrogen-bond acceptors (Lipinski definition) is 2. The molecular formula is C13H19BrN2O. The maximum Gasteiger partial charge on any atom is 0.225 e. The van der Waals surface area contributed by atoms with E-state index < -0.39 is 0 Å². The van der Waals surface area contributed by atoms with E-state index in [0.717, 1.165) is 27.7 Å². The number of amides is 1. The van der Waals surface area contributed by atoms with Crippen LogP contribution in [0.5, 0.6) is 0 Å². The topological polar surface area (TPSA) is 55.1 Å². The average Bonchev–Trinajstić information content (AvgIpc) is 2.23. The van der Waals surface area contributed by atoms with Gasteiger partial charge in [-0.25, -0.2) is 0 Å². The Morgan fingerprint density at radius 2 is 2.12 bits per heavy atom. The number of anilines is 1. The van der Waals surface area contributed by atoms with Crippen molar-refractivity contribution in [3.63, 3.8) is 0 Å². The molecule has 0 saturated heterocycles. The fourth-order valence-corrected chi connectivity index (χ4v) is 2.42. The van der Waals surface area contributed by atoms with E-state index in [9.17, 15) is 4.79 Å². The number of nitrogens with two attached hydrogens (primary N) is 1. The molecule has 0 spiro atoms. The minimum absolute atomic E-state index is 0.0352. The van der Waals surface area contributed by atoms with Gasteiger partial charge >= 0.3 is 0 Å². The summed E-state index contributed by atoms with van der Waals surface area (Å²) >= 11 is 3.46. The molecule has 0 saturated carbocycles. The number of benzene rings is 1. The maximum absolute atomic E-state index is 11.8. The van der Waals surface area contributed by atoms with Gasteiger partial charge in [-0.05, 0) is 53.4 Å². The van der Waals surface area contributed by atoms with Crippen LogP contribution in [0.2, 0.25) is 0 Å². The summed E-state index contributed by atoms with van der Waals surface area (Å²) in [6.07, 6.45) is 1.16. The molecule has 0 aliphatic carbocycles. The van der Waals surface area contributed by atoms with Crippen molar-refractivity contribution in [2.24, 2.45) is 5.73 Å². The van der Waals surface area contributed by atoms with Crippen LogP contribution in [0.3, 0.4) is 0 Å². The van der Waals surface area contributed by atoms with E-state index in [1.165, 1.54) is 0 Å². The second-order valence-corrected chi connectivity index (χ2v) is 5.21. The second kappa shape index (κ2) is 6.17. The van der Waals surface area contributed by atoms with Gasteiger partial charge in [0, 0.05) is 16.9 Å². The first-order chi connectivity index (χ1) is 7.93. The largest absolute Gasteiger partial charge is 0.327 e. The predicted molar refractivity (Wildman–Crippen MR) is 75.1 cm³/mol. The Bertz CT molecular complexity index is 395. The summed E-state index contributed by atoms with van der Waals surface area (Å²) in [7, 11) is 0. The van der Waals surface area contributed by atoms with Crippen molar-refractivity contribution < 1.29 is 4.79 Å². The highest BCUT2D eigenvalue weighted by Gasteiger charge is 2.11. The lowest BCUT2D eigenvalue weighted by atomic mass is 10.1. The van der Waals surface area contributed by atoms with E-state index in [0.29, 0.717) is 6.42 Å². The van der Waals surface area contributed by atoms with E-state index in [-0.39, 0.29) is 11.9 Å². The van der Waals surface area contributed by atoms with Gasteiger partial charge < -0.3 is 11.1 Å². The molecule has 17 heavy (non-hydrogen) atoms. The molecule has 0 fully saturated rings. The van der Waals surface area contributed by atoms with Crippen molar-refractivity contribution in [3.05, 3.63) is 27.7 Å². The van der Waals surface area contributed by atoms with Gasteiger partial charge in [0.05, 0.1) is 5.69 Å². The minimum atomic E-state index is -0.0699. The van der Waals surface area contributed by atoms with Crippen LogP contribution in [0, 0.1) is 13.8 Å². The fourth-order valence-electron chi connectivity index (χ4n) is 1.65. The van der Waals surface area contributed by atoms with Gasteiger partial charge in [-0.2, -0.15) is 0 Å². The minimum Gasteiger partial charge on any atom is -0.327 e. The van der Waals surface area contributed by atoms with Crippen molar-refractivity contribution in [1.29, 1.82) is 0 Å². The van der Waals surface area contributed by atoms with Crippen LogP contribution in [0.4, 0.5) is 5.69 Å². The quantitative estimate of drug-likeness (QED) is 0.897. The first-order valence-electron chi connectivity index (χ1n) is 5.76. The summed E-state index contributed by atoms with van der Waals surface area (Å²) < 4.78 is 0.911. The first-order valence-corrected chi connectivity index (χ1v) is 6.55. The molecule has 0 bridgehead atoms. The van der Waals surface area contributed by atoms with Gasteiger partial charge in [-0.15, -0.1) is 0 Å². The number of nitrogens with one attached hydrogen (secondary N) is 1. The molecule has 4 heteroatoms. The van der Waals surface area contributed by atoms with Crippen molar-refractivity contribution in [3.8, 4) is 0 Å². The van der Waals surface area contributed by atoms with Crippen LogP contribution in [-0.2, 0) is 4.79 Å². The van der Waals surface area contributed by atoms with Crippen molar-refractivity contribution in [2.75, 3.05) is 5.32 Å². The molecular weight excluding hydrogens is 280 g/mol. The highest BCUT2D eigenvalue weighted by Crippen LogP contribution is 2.27. The third-order valence-corrected chi connectivity index (χ3v) is 3.29. The Morgan fingerprint density at radius 3 is 2.65 bits per heavy atom. The Labute approximate surface area is 111 Å². The fraction of sp³-hybridized carbons (Fsp3) is 0.462. The second-order valence-electron chi connectivity index (χ2n) is 4.36. The number of aryl methyl sites for hydroxylation is 2. The lowest BCUT2D eigenvalue weighted by Gasteiger charge is -2.13. The highest BCUT2D eigenvalue weighted by atomic mass is 79.9.